The van der Waals surface area contributed by atoms with Crippen molar-refractivity contribution in [3.8, 4) is 0 Å². The maximum Gasteiger partial charge on any atom is 0.262 e. The van der Waals surface area contributed by atoms with E-state index >= 15 is 0 Å². The van der Waals surface area contributed by atoms with E-state index in [2.05, 4.69) is 0 Å². The Hall–Kier alpha value is -1.24. The fourth-order valence-electron chi connectivity index (χ4n) is 3.14. The van der Waals surface area contributed by atoms with E-state index in [9.17, 15) is 4.79 Å². The van der Waals surface area contributed by atoms with Gasteiger partial charge in [0.1, 0.15) is 10.7 Å². The second kappa shape index (κ2) is 6.48. The summed E-state index contributed by atoms with van der Waals surface area (Å²) in [5.41, 5.74) is 1.31. The van der Waals surface area contributed by atoms with Crippen LogP contribution in [0.1, 0.15) is 35.5 Å². The zero-order valence-electron chi connectivity index (χ0n) is 13.3. The summed E-state index contributed by atoms with van der Waals surface area (Å²) in [6, 6.07) is 0. The van der Waals surface area contributed by atoms with E-state index in [1.807, 2.05) is 19.0 Å². The van der Waals surface area contributed by atoms with Crippen molar-refractivity contribution in [2.75, 3.05) is 20.7 Å². The zero-order valence-corrected chi connectivity index (χ0v) is 14.1. The molecule has 0 radical (unpaired) electrons. The normalized spacial score (nSPS) is 14.7. The van der Waals surface area contributed by atoms with Gasteiger partial charge in [-0.25, -0.2) is 4.98 Å². The third-order valence-electron chi connectivity index (χ3n) is 4.15. The van der Waals surface area contributed by atoms with Gasteiger partial charge in [0.2, 0.25) is 0 Å². The fourth-order valence-corrected chi connectivity index (χ4v) is 4.41. The van der Waals surface area contributed by atoms with Crippen molar-refractivity contribution in [3.63, 3.8) is 0 Å². The number of aliphatic hydroxyl groups excluding tert-OH is 1. The first kappa shape index (κ1) is 15.6. The Bertz CT molecular complexity index is 733. The Labute approximate surface area is 134 Å². The van der Waals surface area contributed by atoms with Crippen LogP contribution in [0.2, 0.25) is 0 Å². The lowest BCUT2D eigenvalue weighted by Gasteiger charge is -2.16. The molecule has 0 unspecified atom stereocenters. The van der Waals surface area contributed by atoms with Gasteiger partial charge in [-0.05, 0) is 51.8 Å². The van der Waals surface area contributed by atoms with Crippen molar-refractivity contribution < 1.29 is 5.11 Å². The van der Waals surface area contributed by atoms with Gasteiger partial charge in [0, 0.05) is 18.0 Å². The largest absolute Gasteiger partial charge is 0.396 e. The molecule has 2 aromatic heterocycles. The molecule has 1 aliphatic rings. The van der Waals surface area contributed by atoms with E-state index in [0.29, 0.717) is 19.5 Å². The van der Waals surface area contributed by atoms with Crippen LogP contribution in [0.15, 0.2) is 4.79 Å². The van der Waals surface area contributed by atoms with Crippen molar-refractivity contribution in [1.82, 2.24) is 14.5 Å². The summed E-state index contributed by atoms with van der Waals surface area (Å²) < 4.78 is 1.76. The molecule has 0 fully saturated rings. The molecule has 22 heavy (non-hydrogen) atoms. The van der Waals surface area contributed by atoms with Crippen LogP contribution in [0.25, 0.3) is 10.2 Å². The minimum absolute atomic E-state index is 0.0784. The molecule has 0 saturated heterocycles. The maximum atomic E-state index is 13.0. The molecule has 1 aliphatic carbocycles. The van der Waals surface area contributed by atoms with Gasteiger partial charge < -0.3 is 10.0 Å². The first-order valence-electron chi connectivity index (χ1n) is 7.91. The molecule has 5 nitrogen and oxygen atoms in total. The van der Waals surface area contributed by atoms with E-state index < -0.39 is 0 Å². The van der Waals surface area contributed by atoms with Crippen LogP contribution >= 0.6 is 11.3 Å². The Balaban J connectivity index is 2.18. The average Bonchev–Trinajstić information content (AvgIpc) is 2.84. The van der Waals surface area contributed by atoms with Gasteiger partial charge in [-0.2, -0.15) is 0 Å². The van der Waals surface area contributed by atoms with E-state index in [-0.39, 0.29) is 12.2 Å². The van der Waals surface area contributed by atoms with Crippen LogP contribution < -0.4 is 5.56 Å². The Kier molecular flexibility index (Phi) is 4.61. The smallest absolute Gasteiger partial charge is 0.262 e. The molecule has 0 amide bonds. The van der Waals surface area contributed by atoms with Crippen molar-refractivity contribution >= 4 is 21.6 Å². The summed E-state index contributed by atoms with van der Waals surface area (Å²) in [5, 5.41) is 9.95. The molecule has 0 spiro atoms. The van der Waals surface area contributed by atoms with Crippen molar-refractivity contribution in [1.29, 1.82) is 0 Å². The van der Waals surface area contributed by atoms with E-state index in [1.165, 1.54) is 16.9 Å². The van der Waals surface area contributed by atoms with Gasteiger partial charge in [-0.15, -0.1) is 11.3 Å². The highest BCUT2D eigenvalue weighted by atomic mass is 32.1. The number of aryl methyl sites for hydroxylation is 2. The van der Waals surface area contributed by atoms with Crippen LogP contribution in [-0.4, -0.2) is 40.3 Å². The van der Waals surface area contributed by atoms with Crippen LogP contribution in [0.3, 0.4) is 0 Å². The van der Waals surface area contributed by atoms with Gasteiger partial charge in [-0.3, -0.25) is 9.36 Å². The molecule has 0 bridgehead atoms. The quantitative estimate of drug-likeness (QED) is 0.912. The first-order chi connectivity index (χ1) is 10.6. The molecule has 2 aromatic rings. The first-order valence-corrected chi connectivity index (χ1v) is 8.73. The lowest BCUT2D eigenvalue weighted by atomic mass is 9.97. The SMILES string of the molecule is CN(C)Cc1nc2sc3c(c2c(=O)n1CCCO)CCCC3. The van der Waals surface area contributed by atoms with E-state index in [0.717, 1.165) is 35.3 Å². The van der Waals surface area contributed by atoms with Crippen LogP contribution in [0.5, 0.6) is 0 Å². The van der Waals surface area contributed by atoms with Gasteiger partial charge in [-0.1, -0.05) is 0 Å². The van der Waals surface area contributed by atoms with Gasteiger partial charge in [0.25, 0.3) is 5.56 Å². The fraction of sp³-hybridized carbons (Fsp3) is 0.625. The van der Waals surface area contributed by atoms with Gasteiger partial charge >= 0.3 is 0 Å². The Morgan fingerprint density at radius 3 is 2.82 bits per heavy atom. The molecule has 0 aromatic carbocycles. The number of thiophene rings is 1. The number of hydrogen-bond donors (Lipinski definition) is 1. The topological polar surface area (TPSA) is 58.4 Å². The summed E-state index contributed by atoms with van der Waals surface area (Å²) in [7, 11) is 3.96. The lowest BCUT2D eigenvalue weighted by Crippen LogP contribution is -2.29. The molecular weight excluding hydrogens is 298 g/mol. The van der Waals surface area contributed by atoms with Crippen molar-refractivity contribution in [2.24, 2.45) is 0 Å². The number of aliphatic hydroxyl groups is 1. The monoisotopic (exact) mass is 321 g/mol. The number of nitrogens with zero attached hydrogens (tertiary/aromatic N) is 3. The summed E-state index contributed by atoms with van der Waals surface area (Å²) in [6.07, 6.45) is 5.03. The molecule has 120 valence electrons. The molecule has 0 atom stereocenters. The average molecular weight is 321 g/mol. The van der Waals surface area contributed by atoms with E-state index in [4.69, 9.17) is 10.1 Å². The zero-order chi connectivity index (χ0) is 15.7. The van der Waals surface area contributed by atoms with Crippen LogP contribution in [-0.2, 0) is 25.9 Å². The second-order valence-corrected chi connectivity index (χ2v) is 7.27. The third kappa shape index (κ3) is 2.83. The summed E-state index contributed by atoms with van der Waals surface area (Å²) in [4.78, 5) is 22.1. The highest BCUT2D eigenvalue weighted by Crippen LogP contribution is 2.33. The predicted molar refractivity (Wildman–Crippen MR) is 89.6 cm³/mol. The summed E-state index contributed by atoms with van der Waals surface area (Å²) >= 11 is 1.70. The molecule has 1 N–H and O–H groups in total. The highest BCUT2D eigenvalue weighted by molar-refractivity contribution is 7.18. The van der Waals surface area contributed by atoms with E-state index in [1.54, 1.807) is 15.9 Å². The highest BCUT2D eigenvalue weighted by Gasteiger charge is 2.22. The standard InChI is InChI=1S/C16H23N3O2S/c1-18(2)10-13-17-15-14(16(21)19(13)8-5-9-20)11-6-3-4-7-12(11)22-15/h20H,3-10H2,1-2H3. The van der Waals surface area contributed by atoms with Crippen molar-refractivity contribution in [2.45, 2.75) is 45.2 Å². The Morgan fingerprint density at radius 2 is 2.09 bits per heavy atom. The second-order valence-electron chi connectivity index (χ2n) is 6.19. The number of fused-ring (bicyclic) bond motifs is 3. The molecule has 2 heterocycles. The number of aromatic nitrogens is 2. The number of hydrogen-bond acceptors (Lipinski definition) is 5. The Morgan fingerprint density at radius 1 is 1.32 bits per heavy atom. The molecule has 6 heteroatoms. The van der Waals surface area contributed by atoms with Crippen molar-refractivity contribution in [3.05, 3.63) is 26.6 Å². The predicted octanol–water partition coefficient (Wildman–Crippen LogP) is 1.78. The molecule has 0 aliphatic heterocycles. The van der Waals surface area contributed by atoms with Gasteiger partial charge in [0.05, 0.1) is 11.9 Å². The van der Waals surface area contributed by atoms with Crippen LogP contribution in [0.4, 0.5) is 0 Å². The summed E-state index contributed by atoms with van der Waals surface area (Å²) in [5.74, 6) is 0.801. The van der Waals surface area contributed by atoms with Gasteiger partial charge in [0.15, 0.2) is 0 Å². The molecule has 3 rings (SSSR count). The maximum absolute atomic E-state index is 13.0. The third-order valence-corrected chi connectivity index (χ3v) is 5.34. The minimum atomic E-state index is 0.0784. The molecule has 0 saturated carbocycles. The molecular formula is C16H23N3O2S. The summed E-state index contributed by atoms with van der Waals surface area (Å²) in [6.45, 7) is 1.26. The van der Waals surface area contributed by atoms with Crippen LogP contribution in [0, 0.1) is 0 Å². The minimum Gasteiger partial charge on any atom is -0.396 e. The lowest BCUT2D eigenvalue weighted by molar-refractivity contribution is 0.276. The number of rotatable bonds is 5.